The van der Waals surface area contributed by atoms with Crippen molar-refractivity contribution in [2.45, 2.75) is 39.3 Å². The van der Waals surface area contributed by atoms with Crippen molar-refractivity contribution >= 4 is 11.9 Å². The van der Waals surface area contributed by atoms with E-state index in [0.29, 0.717) is 35.7 Å². The Balaban J connectivity index is 1.57. The number of nitrogens with one attached hydrogen (secondary N) is 1. The number of esters is 1. The fraction of sp³-hybridized carbons (Fsp3) is 0.333. The predicted molar refractivity (Wildman–Crippen MR) is 141 cm³/mol. The van der Waals surface area contributed by atoms with Crippen LogP contribution < -0.4 is 19.5 Å². The molecule has 1 amide bonds. The van der Waals surface area contributed by atoms with E-state index < -0.39 is 12.0 Å². The van der Waals surface area contributed by atoms with Crippen molar-refractivity contribution in [3.05, 3.63) is 77.9 Å². The number of hydrogen-bond acceptors (Lipinski definition) is 6. The number of carbonyl (C=O) groups excluding carboxylic acids is 2. The van der Waals surface area contributed by atoms with E-state index in [0.717, 1.165) is 16.9 Å². The van der Waals surface area contributed by atoms with E-state index in [9.17, 15) is 9.59 Å². The van der Waals surface area contributed by atoms with Crippen LogP contribution in [0.1, 0.15) is 36.2 Å². The minimum Gasteiger partial charge on any atom is -0.490 e. The van der Waals surface area contributed by atoms with Gasteiger partial charge in [-0.05, 0) is 66.3 Å². The van der Waals surface area contributed by atoms with Gasteiger partial charge in [-0.25, -0.2) is 4.79 Å². The van der Waals surface area contributed by atoms with Gasteiger partial charge in [0, 0.05) is 5.56 Å². The van der Waals surface area contributed by atoms with E-state index in [1.807, 2.05) is 75.4 Å². The standard InChI is InChI=1S/C30H33NO6/c1-19(2)15-26(30(33)34-4)31-29(32)24-14-13-21(16-25(24)23-10-6-5-9-20(23)3)35-17-22-18-36-27-11-7-8-12-28(27)37-22/h5-14,16,19,22,26H,15,17-18H2,1-4H3,(H,31,32)/t22-,26-/m0/s1. The SMILES string of the molecule is COC(=O)[C@H](CC(C)C)NC(=O)c1ccc(OC[C@H]2COc3ccccc3O2)cc1-c1ccccc1C. The molecule has 0 fully saturated rings. The van der Waals surface area contributed by atoms with Crippen molar-refractivity contribution in [1.82, 2.24) is 5.32 Å². The third-order valence-electron chi connectivity index (χ3n) is 6.17. The Bertz CT molecular complexity index is 1250. The maximum Gasteiger partial charge on any atom is 0.328 e. The number of para-hydroxylation sites is 2. The highest BCUT2D eigenvalue weighted by molar-refractivity contribution is 6.03. The Morgan fingerprint density at radius 1 is 1.00 bits per heavy atom. The molecule has 1 heterocycles. The second-order valence-corrected chi connectivity index (χ2v) is 9.51. The van der Waals surface area contributed by atoms with Gasteiger partial charge in [0.2, 0.25) is 0 Å². The summed E-state index contributed by atoms with van der Waals surface area (Å²) in [7, 11) is 1.33. The molecule has 37 heavy (non-hydrogen) atoms. The Morgan fingerprint density at radius 3 is 2.46 bits per heavy atom. The Labute approximate surface area is 217 Å². The molecular weight excluding hydrogens is 470 g/mol. The van der Waals surface area contributed by atoms with Gasteiger partial charge in [0.05, 0.1) is 7.11 Å². The Hall–Kier alpha value is -4.00. The van der Waals surface area contributed by atoms with Crippen molar-refractivity contribution in [3.63, 3.8) is 0 Å². The van der Waals surface area contributed by atoms with Crippen LogP contribution in [0.25, 0.3) is 11.1 Å². The largest absolute Gasteiger partial charge is 0.490 e. The number of amides is 1. The lowest BCUT2D eigenvalue weighted by Gasteiger charge is -2.26. The number of benzene rings is 3. The van der Waals surface area contributed by atoms with E-state index in [1.165, 1.54) is 7.11 Å². The predicted octanol–water partition coefficient (Wildman–Crippen LogP) is 5.20. The van der Waals surface area contributed by atoms with Crippen LogP contribution in [-0.4, -0.2) is 44.3 Å². The van der Waals surface area contributed by atoms with Crippen molar-refractivity contribution in [3.8, 4) is 28.4 Å². The third-order valence-corrected chi connectivity index (χ3v) is 6.17. The molecular formula is C30H33NO6. The zero-order valence-electron chi connectivity index (χ0n) is 21.7. The molecule has 1 aliphatic heterocycles. The number of carbonyl (C=O) groups is 2. The molecule has 7 nitrogen and oxygen atoms in total. The molecule has 0 bridgehead atoms. The highest BCUT2D eigenvalue weighted by atomic mass is 16.6. The van der Waals surface area contributed by atoms with Crippen LogP contribution in [0.3, 0.4) is 0 Å². The second-order valence-electron chi connectivity index (χ2n) is 9.51. The molecule has 0 unspecified atom stereocenters. The summed E-state index contributed by atoms with van der Waals surface area (Å²) in [6.07, 6.45) is 0.211. The molecule has 3 aromatic carbocycles. The van der Waals surface area contributed by atoms with E-state index in [2.05, 4.69) is 5.32 Å². The summed E-state index contributed by atoms with van der Waals surface area (Å²) in [5.41, 5.74) is 3.08. The number of rotatable bonds is 9. The van der Waals surface area contributed by atoms with Crippen molar-refractivity contribution < 1.29 is 28.5 Å². The molecule has 4 rings (SSSR count). The zero-order valence-corrected chi connectivity index (χ0v) is 21.7. The van der Waals surface area contributed by atoms with Crippen LogP contribution in [0.4, 0.5) is 0 Å². The first kappa shape index (κ1) is 26.1. The van der Waals surface area contributed by atoms with Crippen LogP contribution in [0.15, 0.2) is 66.7 Å². The van der Waals surface area contributed by atoms with Gasteiger partial charge in [-0.2, -0.15) is 0 Å². The van der Waals surface area contributed by atoms with Crippen LogP contribution in [0.5, 0.6) is 17.2 Å². The van der Waals surface area contributed by atoms with Gasteiger partial charge in [-0.3, -0.25) is 4.79 Å². The van der Waals surface area contributed by atoms with Gasteiger partial charge in [0.1, 0.15) is 25.0 Å². The lowest BCUT2D eigenvalue weighted by Crippen LogP contribution is -2.42. The fourth-order valence-corrected chi connectivity index (χ4v) is 4.31. The molecule has 0 radical (unpaired) electrons. The van der Waals surface area contributed by atoms with Crippen LogP contribution >= 0.6 is 0 Å². The number of aryl methyl sites for hydroxylation is 1. The Morgan fingerprint density at radius 2 is 1.73 bits per heavy atom. The molecule has 194 valence electrons. The molecule has 0 spiro atoms. The molecule has 2 atom stereocenters. The average molecular weight is 504 g/mol. The first-order valence-corrected chi connectivity index (χ1v) is 12.5. The molecule has 1 N–H and O–H groups in total. The summed E-state index contributed by atoms with van der Waals surface area (Å²) in [5, 5.41) is 2.87. The first-order valence-electron chi connectivity index (χ1n) is 12.5. The van der Waals surface area contributed by atoms with Gasteiger partial charge >= 0.3 is 5.97 Å². The molecule has 7 heteroatoms. The monoisotopic (exact) mass is 503 g/mol. The number of methoxy groups -OCH3 is 1. The number of fused-ring (bicyclic) bond motifs is 1. The van der Waals surface area contributed by atoms with Crippen molar-refractivity contribution in [2.75, 3.05) is 20.3 Å². The topological polar surface area (TPSA) is 83.1 Å². The van der Waals surface area contributed by atoms with E-state index in [4.69, 9.17) is 18.9 Å². The smallest absolute Gasteiger partial charge is 0.328 e. The normalized spacial score (nSPS) is 15.1. The maximum absolute atomic E-state index is 13.4. The van der Waals surface area contributed by atoms with Gasteiger partial charge in [0.25, 0.3) is 5.91 Å². The van der Waals surface area contributed by atoms with E-state index in [1.54, 1.807) is 12.1 Å². The van der Waals surface area contributed by atoms with Crippen molar-refractivity contribution in [1.29, 1.82) is 0 Å². The van der Waals surface area contributed by atoms with Crippen LogP contribution in [0.2, 0.25) is 0 Å². The van der Waals surface area contributed by atoms with Crippen LogP contribution in [0, 0.1) is 12.8 Å². The maximum atomic E-state index is 13.4. The summed E-state index contributed by atoms with van der Waals surface area (Å²) in [4.78, 5) is 25.7. The second kappa shape index (κ2) is 11.8. The lowest BCUT2D eigenvalue weighted by molar-refractivity contribution is -0.143. The minimum absolute atomic E-state index is 0.203. The highest BCUT2D eigenvalue weighted by Crippen LogP contribution is 2.33. The molecule has 0 aromatic heterocycles. The van der Waals surface area contributed by atoms with Gasteiger partial charge < -0.3 is 24.3 Å². The minimum atomic E-state index is -0.732. The fourth-order valence-electron chi connectivity index (χ4n) is 4.31. The molecule has 0 saturated carbocycles. The first-order chi connectivity index (χ1) is 17.9. The summed E-state index contributed by atoms with van der Waals surface area (Å²) < 4.78 is 22.8. The van der Waals surface area contributed by atoms with Crippen LogP contribution in [-0.2, 0) is 9.53 Å². The Kier molecular flexibility index (Phi) is 8.33. The zero-order chi connectivity index (χ0) is 26.4. The van der Waals surface area contributed by atoms with Gasteiger partial charge in [0.15, 0.2) is 17.6 Å². The van der Waals surface area contributed by atoms with Crippen molar-refractivity contribution in [2.24, 2.45) is 5.92 Å². The molecule has 0 aliphatic carbocycles. The molecule has 3 aromatic rings. The lowest BCUT2D eigenvalue weighted by atomic mass is 9.94. The average Bonchev–Trinajstić information content (AvgIpc) is 2.90. The summed E-state index contributed by atoms with van der Waals surface area (Å²) in [6, 6.07) is 20.0. The van der Waals surface area contributed by atoms with E-state index in [-0.39, 0.29) is 24.5 Å². The quantitative estimate of drug-likeness (QED) is 0.404. The highest BCUT2D eigenvalue weighted by Gasteiger charge is 2.26. The van der Waals surface area contributed by atoms with E-state index >= 15 is 0 Å². The molecule has 0 saturated heterocycles. The summed E-state index contributed by atoms with van der Waals surface area (Å²) in [5.74, 6) is 1.41. The van der Waals surface area contributed by atoms with Gasteiger partial charge in [-0.15, -0.1) is 0 Å². The summed E-state index contributed by atoms with van der Waals surface area (Å²) >= 11 is 0. The third kappa shape index (κ3) is 6.42. The van der Waals surface area contributed by atoms with Gasteiger partial charge in [-0.1, -0.05) is 50.2 Å². The summed E-state index contributed by atoms with van der Waals surface area (Å²) in [6.45, 7) is 6.64. The number of hydrogen-bond donors (Lipinski definition) is 1. The molecule has 1 aliphatic rings. The number of ether oxygens (including phenoxy) is 4.